The van der Waals surface area contributed by atoms with E-state index in [9.17, 15) is 0 Å². The van der Waals surface area contributed by atoms with E-state index in [-0.39, 0.29) is 0 Å². The molecule has 17 heavy (non-hydrogen) atoms. The van der Waals surface area contributed by atoms with Crippen molar-refractivity contribution in [1.29, 1.82) is 0 Å². The fourth-order valence-electron chi connectivity index (χ4n) is 3.03. The minimum Gasteiger partial charge on any atom is -0.309 e. The highest BCUT2D eigenvalue weighted by molar-refractivity contribution is 7.10. The van der Waals surface area contributed by atoms with E-state index in [0.29, 0.717) is 0 Å². The Balaban J connectivity index is 1.88. The van der Waals surface area contributed by atoms with E-state index in [4.69, 9.17) is 0 Å². The molecule has 2 unspecified atom stereocenters. The topological polar surface area (TPSA) is 12.0 Å². The van der Waals surface area contributed by atoms with Gasteiger partial charge in [0, 0.05) is 17.5 Å². The molecule has 1 heterocycles. The molecule has 0 aliphatic heterocycles. The zero-order valence-corrected chi connectivity index (χ0v) is 12.0. The molecule has 1 N–H and O–H groups in total. The Labute approximate surface area is 110 Å². The quantitative estimate of drug-likeness (QED) is 0.819. The van der Waals surface area contributed by atoms with Crippen molar-refractivity contribution in [3.63, 3.8) is 0 Å². The largest absolute Gasteiger partial charge is 0.309 e. The summed E-state index contributed by atoms with van der Waals surface area (Å²) in [5, 5.41) is 6.04. The molecule has 2 atom stereocenters. The first kappa shape index (κ1) is 13.1. The van der Waals surface area contributed by atoms with Crippen LogP contribution in [0.15, 0.2) is 11.4 Å². The van der Waals surface area contributed by atoms with Gasteiger partial charge in [0.15, 0.2) is 0 Å². The molecule has 0 radical (unpaired) electrons. The highest BCUT2D eigenvalue weighted by Crippen LogP contribution is 2.27. The van der Waals surface area contributed by atoms with Gasteiger partial charge < -0.3 is 5.32 Å². The van der Waals surface area contributed by atoms with Crippen molar-refractivity contribution in [2.24, 2.45) is 5.92 Å². The highest BCUT2D eigenvalue weighted by atomic mass is 32.1. The zero-order chi connectivity index (χ0) is 12.1. The lowest BCUT2D eigenvalue weighted by Crippen LogP contribution is -2.37. The third kappa shape index (κ3) is 3.32. The number of rotatable bonds is 5. The predicted molar refractivity (Wildman–Crippen MR) is 76.6 cm³/mol. The average molecular weight is 251 g/mol. The van der Waals surface area contributed by atoms with E-state index in [0.717, 1.165) is 18.5 Å². The summed E-state index contributed by atoms with van der Waals surface area (Å²) >= 11 is 1.91. The smallest absolute Gasteiger partial charge is 0.0305 e. The standard InChI is InChI=1S/C15H25NS/c1-3-12-7-5-6-8-14(12)16-11-15-13(4-2)9-10-17-15/h9-10,12,14,16H,3-8,11H2,1-2H3. The number of thiophene rings is 1. The van der Waals surface area contributed by atoms with E-state index in [2.05, 4.69) is 30.6 Å². The number of nitrogens with one attached hydrogen (secondary N) is 1. The van der Waals surface area contributed by atoms with Crippen LogP contribution in [0.2, 0.25) is 0 Å². The van der Waals surface area contributed by atoms with Crippen molar-refractivity contribution in [2.75, 3.05) is 0 Å². The van der Waals surface area contributed by atoms with Gasteiger partial charge >= 0.3 is 0 Å². The maximum atomic E-state index is 3.81. The van der Waals surface area contributed by atoms with Crippen molar-refractivity contribution < 1.29 is 0 Å². The summed E-state index contributed by atoms with van der Waals surface area (Å²) < 4.78 is 0. The Morgan fingerprint density at radius 3 is 2.88 bits per heavy atom. The van der Waals surface area contributed by atoms with Gasteiger partial charge in [-0.1, -0.05) is 33.1 Å². The maximum absolute atomic E-state index is 3.81. The molecule has 96 valence electrons. The number of hydrogen-bond donors (Lipinski definition) is 1. The fourth-order valence-corrected chi connectivity index (χ4v) is 3.95. The Kier molecular flexibility index (Phi) is 5.05. The highest BCUT2D eigenvalue weighted by Gasteiger charge is 2.23. The van der Waals surface area contributed by atoms with E-state index in [1.165, 1.54) is 44.1 Å². The van der Waals surface area contributed by atoms with Crippen LogP contribution in [0.1, 0.15) is 56.4 Å². The lowest BCUT2D eigenvalue weighted by molar-refractivity contribution is 0.255. The molecule has 0 bridgehead atoms. The SMILES string of the molecule is CCc1ccsc1CNC1CCCCC1CC. The van der Waals surface area contributed by atoms with Gasteiger partial charge in [-0.05, 0) is 42.2 Å². The van der Waals surface area contributed by atoms with Crippen molar-refractivity contribution in [1.82, 2.24) is 5.32 Å². The summed E-state index contributed by atoms with van der Waals surface area (Å²) in [6, 6.07) is 3.04. The van der Waals surface area contributed by atoms with Gasteiger partial charge in [-0.3, -0.25) is 0 Å². The van der Waals surface area contributed by atoms with E-state index >= 15 is 0 Å². The van der Waals surface area contributed by atoms with Crippen LogP contribution < -0.4 is 5.32 Å². The molecule has 1 aliphatic rings. The van der Waals surface area contributed by atoms with Crippen molar-refractivity contribution in [2.45, 2.75) is 65.0 Å². The molecule has 1 nitrogen and oxygen atoms in total. The van der Waals surface area contributed by atoms with Crippen LogP contribution in [-0.4, -0.2) is 6.04 Å². The summed E-state index contributed by atoms with van der Waals surface area (Å²) in [5.74, 6) is 0.911. The first-order chi connectivity index (χ1) is 8.35. The van der Waals surface area contributed by atoms with Crippen LogP contribution in [0.3, 0.4) is 0 Å². The van der Waals surface area contributed by atoms with Gasteiger partial charge in [0.05, 0.1) is 0 Å². The summed E-state index contributed by atoms with van der Waals surface area (Å²) in [5.41, 5.74) is 1.53. The minimum atomic E-state index is 0.764. The summed E-state index contributed by atoms with van der Waals surface area (Å²) in [6.45, 7) is 5.68. The Morgan fingerprint density at radius 1 is 1.29 bits per heavy atom. The number of aryl methyl sites for hydroxylation is 1. The van der Waals surface area contributed by atoms with Gasteiger partial charge in [0.25, 0.3) is 0 Å². The Hall–Kier alpha value is -0.340. The van der Waals surface area contributed by atoms with Gasteiger partial charge in [-0.2, -0.15) is 0 Å². The van der Waals surface area contributed by atoms with Crippen LogP contribution in [0, 0.1) is 5.92 Å². The predicted octanol–water partition coefficient (Wildman–Crippen LogP) is 4.37. The van der Waals surface area contributed by atoms with Crippen molar-refractivity contribution in [3.05, 3.63) is 21.9 Å². The Bertz CT molecular complexity index is 331. The molecule has 0 amide bonds. The van der Waals surface area contributed by atoms with Gasteiger partial charge in [0.2, 0.25) is 0 Å². The van der Waals surface area contributed by atoms with Gasteiger partial charge in [-0.25, -0.2) is 0 Å². The van der Waals surface area contributed by atoms with E-state index in [1.54, 1.807) is 4.88 Å². The summed E-state index contributed by atoms with van der Waals surface area (Å²) in [4.78, 5) is 1.55. The lowest BCUT2D eigenvalue weighted by atomic mass is 9.83. The molecule has 1 aromatic rings. The molecule has 2 rings (SSSR count). The van der Waals surface area contributed by atoms with Crippen LogP contribution in [0.5, 0.6) is 0 Å². The molecule has 1 fully saturated rings. The van der Waals surface area contributed by atoms with Crippen LogP contribution >= 0.6 is 11.3 Å². The number of hydrogen-bond acceptors (Lipinski definition) is 2. The lowest BCUT2D eigenvalue weighted by Gasteiger charge is -2.31. The maximum Gasteiger partial charge on any atom is 0.0305 e. The molecular formula is C15H25NS. The molecular weight excluding hydrogens is 226 g/mol. The molecule has 0 aromatic carbocycles. The molecule has 1 saturated carbocycles. The average Bonchev–Trinajstić information content (AvgIpc) is 2.84. The second-order valence-corrected chi connectivity index (χ2v) is 6.16. The van der Waals surface area contributed by atoms with Gasteiger partial charge in [0.1, 0.15) is 0 Å². The fraction of sp³-hybridized carbons (Fsp3) is 0.733. The van der Waals surface area contributed by atoms with Gasteiger partial charge in [-0.15, -0.1) is 11.3 Å². The van der Waals surface area contributed by atoms with Crippen LogP contribution in [0.25, 0.3) is 0 Å². The first-order valence-corrected chi connectivity index (χ1v) is 8.01. The molecule has 1 aromatic heterocycles. The summed E-state index contributed by atoms with van der Waals surface area (Å²) in [7, 11) is 0. The molecule has 1 aliphatic carbocycles. The van der Waals surface area contributed by atoms with E-state index in [1.807, 2.05) is 11.3 Å². The second-order valence-electron chi connectivity index (χ2n) is 5.16. The monoisotopic (exact) mass is 251 g/mol. The zero-order valence-electron chi connectivity index (χ0n) is 11.2. The third-order valence-corrected chi connectivity index (χ3v) is 5.14. The Morgan fingerprint density at radius 2 is 2.12 bits per heavy atom. The third-order valence-electron chi connectivity index (χ3n) is 4.18. The second kappa shape index (κ2) is 6.55. The molecule has 0 spiro atoms. The normalized spacial score (nSPS) is 25.1. The van der Waals surface area contributed by atoms with Crippen molar-refractivity contribution in [3.8, 4) is 0 Å². The van der Waals surface area contributed by atoms with Crippen molar-refractivity contribution >= 4 is 11.3 Å². The van der Waals surface area contributed by atoms with Crippen LogP contribution in [-0.2, 0) is 13.0 Å². The minimum absolute atomic E-state index is 0.764. The van der Waals surface area contributed by atoms with E-state index < -0.39 is 0 Å². The molecule has 2 heteroatoms. The summed E-state index contributed by atoms with van der Waals surface area (Å²) in [6.07, 6.45) is 8.17. The van der Waals surface area contributed by atoms with Crippen LogP contribution in [0.4, 0.5) is 0 Å². The molecule has 0 saturated heterocycles. The first-order valence-electron chi connectivity index (χ1n) is 7.13.